The second-order valence-corrected chi connectivity index (χ2v) is 17.1. The molecule has 0 saturated carbocycles. The normalized spacial score (nSPS) is 12.1. The van der Waals surface area contributed by atoms with Crippen LogP contribution >= 0.6 is 0 Å². The van der Waals surface area contributed by atoms with Crippen molar-refractivity contribution in [3.05, 3.63) is 24.3 Å². The maximum Gasteiger partial charge on any atom is 0.306 e. The van der Waals surface area contributed by atoms with Crippen LogP contribution in [0.15, 0.2) is 24.3 Å². The third-order valence-corrected chi connectivity index (χ3v) is 11.2. The summed E-state index contributed by atoms with van der Waals surface area (Å²) in [5, 5.41) is 0. The molecule has 0 aliphatic heterocycles. The van der Waals surface area contributed by atoms with E-state index in [0.29, 0.717) is 19.3 Å². The van der Waals surface area contributed by atoms with Gasteiger partial charge in [0.05, 0.1) is 0 Å². The third kappa shape index (κ3) is 45.0. The molecule has 0 aliphatic carbocycles. The van der Waals surface area contributed by atoms with Crippen LogP contribution in [0.1, 0.15) is 271 Å². The minimum absolute atomic E-state index is 0.0738. The van der Waals surface area contributed by atoms with Crippen molar-refractivity contribution >= 4 is 17.9 Å². The number of allylic oxidation sites excluding steroid dienone is 4. The maximum atomic E-state index is 12.7. The molecule has 0 N–H and O–H groups in total. The Morgan fingerprint density at radius 1 is 0.328 bits per heavy atom. The highest BCUT2D eigenvalue weighted by Crippen LogP contribution is 2.15. The number of carbonyl (C=O) groups is 3. The summed E-state index contributed by atoms with van der Waals surface area (Å²) in [5.41, 5.74) is 0. The summed E-state index contributed by atoms with van der Waals surface area (Å²) in [6.07, 6.45) is 53.0. The lowest BCUT2D eigenvalue weighted by Crippen LogP contribution is -2.30. The molecular weight excluding hydrogens is 721 g/mol. The largest absolute Gasteiger partial charge is 0.462 e. The molecule has 0 radical (unpaired) electrons. The molecule has 0 aromatic heterocycles. The third-order valence-electron chi connectivity index (χ3n) is 11.2. The lowest BCUT2D eigenvalue weighted by Gasteiger charge is -2.18. The fourth-order valence-corrected chi connectivity index (χ4v) is 7.31. The van der Waals surface area contributed by atoms with Gasteiger partial charge in [-0.15, -0.1) is 0 Å². The van der Waals surface area contributed by atoms with Crippen molar-refractivity contribution in [1.82, 2.24) is 0 Å². The fourth-order valence-electron chi connectivity index (χ4n) is 7.31. The zero-order valence-electron chi connectivity index (χ0n) is 38.8. The molecule has 0 aliphatic rings. The monoisotopic (exact) mass is 817 g/mol. The van der Waals surface area contributed by atoms with E-state index in [2.05, 4.69) is 45.1 Å². The zero-order chi connectivity index (χ0) is 42.3. The molecule has 340 valence electrons. The molecule has 0 heterocycles. The maximum absolute atomic E-state index is 12.7. The van der Waals surface area contributed by atoms with Gasteiger partial charge in [0.2, 0.25) is 0 Å². The molecule has 0 aromatic carbocycles. The highest BCUT2D eigenvalue weighted by molar-refractivity contribution is 5.71. The van der Waals surface area contributed by atoms with E-state index in [1.165, 1.54) is 161 Å². The van der Waals surface area contributed by atoms with Crippen LogP contribution in [-0.4, -0.2) is 37.2 Å². The highest BCUT2D eigenvalue weighted by Gasteiger charge is 2.19. The Kier molecular flexibility index (Phi) is 45.8. The SMILES string of the molecule is CCCCC/C=C\CCCCCCCC(=O)OC(COC(=O)CCCCCCC/C=C\CCCCCCCCC)COC(=O)CCCCCCCCCCCCCC. The fraction of sp³-hybridized carbons (Fsp3) is 0.865. The van der Waals surface area contributed by atoms with Gasteiger partial charge in [-0.3, -0.25) is 14.4 Å². The van der Waals surface area contributed by atoms with E-state index >= 15 is 0 Å². The Hall–Kier alpha value is -2.11. The van der Waals surface area contributed by atoms with Gasteiger partial charge >= 0.3 is 17.9 Å². The van der Waals surface area contributed by atoms with Gasteiger partial charge in [0.15, 0.2) is 6.10 Å². The van der Waals surface area contributed by atoms with Gasteiger partial charge in [-0.25, -0.2) is 0 Å². The Labute approximate surface area is 360 Å². The average Bonchev–Trinajstić information content (AvgIpc) is 3.22. The molecule has 58 heavy (non-hydrogen) atoms. The summed E-state index contributed by atoms with van der Waals surface area (Å²) in [4.78, 5) is 37.9. The summed E-state index contributed by atoms with van der Waals surface area (Å²) in [6, 6.07) is 0. The smallest absolute Gasteiger partial charge is 0.306 e. The van der Waals surface area contributed by atoms with Gasteiger partial charge in [0.25, 0.3) is 0 Å². The Morgan fingerprint density at radius 3 is 0.897 bits per heavy atom. The van der Waals surface area contributed by atoms with Gasteiger partial charge < -0.3 is 14.2 Å². The average molecular weight is 817 g/mol. The molecule has 0 aromatic rings. The number of esters is 3. The Morgan fingerprint density at radius 2 is 0.569 bits per heavy atom. The predicted molar refractivity (Wildman–Crippen MR) is 247 cm³/mol. The lowest BCUT2D eigenvalue weighted by atomic mass is 10.0. The number of hydrogen-bond acceptors (Lipinski definition) is 6. The summed E-state index contributed by atoms with van der Waals surface area (Å²) in [7, 11) is 0. The Balaban J connectivity index is 4.35. The van der Waals surface area contributed by atoms with Crippen LogP contribution in [-0.2, 0) is 28.6 Å². The lowest BCUT2D eigenvalue weighted by molar-refractivity contribution is -0.167. The first-order valence-electron chi connectivity index (χ1n) is 25.3. The van der Waals surface area contributed by atoms with Gasteiger partial charge in [0.1, 0.15) is 13.2 Å². The van der Waals surface area contributed by atoms with Gasteiger partial charge in [-0.2, -0.15) is 0 Å². The van der Waals surface area contributed by atoms with E-state index in [1.807, 2.05) is 0 Å². The summed E-state index contributed by atoms with van der Waals surface area (Å²) in [5.74, 6) is -0.882. The summed E-state index contributed by atoms with van der Waals surface area (Å²) in [6.45, 7) is 6.61. The van der Waals surface area contributed by atoms with Crippen LogP contribution < -0.4 is 0 Å². The predicted octanol–water partition coefficient (Wildman–Crippen LogP) is 16.4. The van der Waals surface area contributed by atoms with E-state index < -0.39 is 6.10 Å². The number of carbonyl (C=O) groups excluding carboxylic acids is 3. The number of rotatable bonds is 46. The minimum atomic E-state index is -0.773. The minimum Gasteiger partial charge on any atom is -0.462 e. The molecule has 0 spiro atoms. The Bertz CT molecular complexity index is 942. The quantitative estimate of drug-likeness (QED) is 0.0263. The molecule has 6 heteroatoms. The summed E-state index contributed by atoms with van der Waals surface area (Å²) < 4.78 is 16.8. The standard InChI is InChI=1S/C52H96O6/c1-4-7-10-13-16-19-22-25-26-27-28-31-33-36-39-42-45-51(54)57-48-49(58-52(55)46-43-40-37-34-30-24-21-18-15-12-9-6-3)47-56-50(53)44-41-38-35-32-29-23-20-17-14-11-8-5-2/h18,21,26-27,49H,4-17,19-20,22-25,28-48H2,1-3H3/b21-18-,27-26-. The van der Waals surface area contributed by atoms with Crippen molar-refractivity contribution in [2.75, 3.05) is 13.2 Å². The molecular formula is C52H96O6. The summed E-state index contributed by atoms with van der Waals surface area (Å²) >= 11 is 0. The molecule has 0 bridgehead atoms. The van der Waals surface area contributed by atoms with Crippen LogP contribution in [0.5, 0.6) is 0 Å². The number of unbranched alkanes of at least 4 members (excludes halogenated alkanes) is 31. The van der Waals surface area contributed by atoms with Crippen molar-refractivity contribution in [2.24, 2.45) is 0 Å². The van der Waals surface area contributed by atoms with Crippen LogP contribution in [0.2, 0.25) is 0 Å². The molecule has 6 nitrogen and oxygen atoms in total. The van der Waals surface area contributed by atoms with Crippen molar-refractivity contribution in [2.45, 2.75) is 277 Å². The van der Waals surface area contributed by atoms with Crippen LogP contribution in [0, 0.1) is 0 Å². The molecule has 0 fully saturated rings. The first kappa shape index (κ1) is 55.9. The molecule has 0 rings (SSSR count). The van der Waals surface area contributed by atoms with Gasteiger partial charge in [-0.1, -0.05) is 206 Å². The topological polar surface area (TPSA) is 78.9 Å². The van der Waals surface area contributed by atoms with E-state index in [0.717, 1.165) is 70.6 Å². The number of hydrogen-bond donors (Lipinski definition) is 0. The van der Waals surface area contributed by atoms with E-state index in [-0.39, 0.29) is 31.1 Å². The first-order chi connectivity index (χ1) is 28.5. The van der Waals surface area contributed by atoms with Crippen LogP contribution in [0.4, 0.5) is 0 Å². The molecule has 0 amide bonds. The molecule has 1 atom stereocenters. The van der Waals surface area contributed by atoms with E-state index in [9.17, 15) is 14.4 Å². The van der Waals surface area contributed by atoms with E-state index in [1.54, 1.807) is 0 Å². The second-order valence-electron chi connectivity index (χ2n) is 17.1. The second kappa shape index (κ2) is 47.6. The van der Waals surface area contributed by atoms with Crippen molar-refractivity contribution in [3.8, 4) is 0 Å². The number of ether oxygens (including phenoxy) is 3. The highest BCUT2D eigenvalue weighted by atomic mass is 16.6. The first-order valence-corrected chi connectivity index (χ1v) is 25.3. The van der Waals surface area contributed by atoms with Crippen molar-refractivity contribution < 1.29 is 28.6 Å². The molecule has 1 unspecified atom stereocenters. The molecule has 0 saturated heterocycles. The van der Waals surface area contributed by atoms with Crippen LogP contribution in [0.25, 0.3) is 0 Å². The van der Waals surface area contributed by atoms with Crippen molar-refractivity contribution in [1.29, 1.82) is 0 Å². The van der Waals surface area contributed by atoms with Crippen LogP contribution in [0.3, 0.4) is 0 Å². The van der Waals surface area contributed by atoms with Gasteiger partial charge in [0, 0.05) is 19.3 Å². The van der Waals surface area contributed by atoms with E-state index in [4.69, 9.17) is 14.2 Å². The van der Waals surface area contributed by atoms with Gasteiger partial charge in [-0.05, 0) is 70.6 Å². The zero-order valence-corrected chi connectivity index (χ0v) is 38.8. The van der Waals surface area contributed by atoms with Crippen molar-refractivity contribution in [3.63, 3.8) is 0 Å².